The zero-order valence-corrected chi connectivity index (χ0v) is 21.9. The Hall–Kier alpha value is -4.33. The van der Waals surface area contributed by atoms with E-state index in [1.54, 1.807) is 24.4 Å². The van der Waals surface area contributed by atoms with Gasteiger partial charge in [-0.05, 0) is 54.8 Å². The van der Waals surface area contributed by atoms with Crippen molar-refractivity contribution in [1.29, 1.82) is 0 Å². The van der Waals surface area contributed by atoms with Crippen molar-refractivity contribution in [3.8, 4) is 28.3 Å². The highest BCUT2D eigenvalue weighted by Crippen LogP contribution is 2.31. The van der Waals surface area contributed by atoms with E-state index in [9.17, 15) is 9.18 Å². The molecule has 1 aliphatic rings. The van der Waals surface area contributed by atoms with E-state index in [2.05, 4.69) is 27.2 Å². The third kappa shape index (κ3) is 6.32. The van der Waals surface area contributed by atoms with E-state index in [0.29, 0.717) is 11.4 Å². The molecule has 0 unspecified atom stereocenters. The molecule has 7 nitrogen and oxygen atoms in total. The number of hydrogen-bond donors (Lipinski definition) is 2. The number of nitrogens with one attached hydrogen (secondary N) is 1. The Kier molecular flexibility index (Phi) is 8.63. The first-order valence-electron chi connectivity index (χ1n) is 12.7. The number of anilines is 2. The van der Waals surface area contributed by atoms with E-state index in [1.165, 1.54) is 57.2 Å². The number of hydrogen-bond acceptors (Lipinski definition) is 6. The lowest BCUT2D eigenvalue weighted by atomic mass is 10.0. The van der Waals surface area contributed by atoms with E-state index < -0.39 is 11.7 Å². The zero-order chi connectivity index (χ0) is 27.1. The van der Waals surface area contributed by atoms with Crippen LogP contribution in [0, 0.1) is 18.7 Å². The van der Waals surface area contributed by atoms with Gasteiger partial charge in [-0.25, -0.2) is 14.4 Å². The van der Waals surface area contributed by atoms with Crippen LogP contribution in [0.15, 0.2) is 67.0 Å². The van der Waals surface area contributed by atoms with Crippen molar-refractivity contribution in [2.45, 2.75) is 39.5 Å². The van der Waals surface area contributed by atoms with Gasteiger partial charge in [0.1, 0.15) is 17.3 Å². The van der Waals surface area contributed by atoms with E-state index in [0.717, 1.165) is 22.7 Å². The fourth-order valence-corrected chi connectivity index (χ4v) is 4.45. The second-order valence-corrected chi connectivity index (χ2v) is 9.36. The number of halogens is 1. The average molecular weight is 514 g/mol. The molecule has 0 radical (unpaired) electrons. The molecule has 1 saturated carbocycles. The fraction of sp³-hybridized carbons (Fsp3) is 0.267. The number of pyridine rings is 1. The maximum absolute atomic E-state index is 14.4. The van der Waals surface area contributed by atoms with Crippen LogP contribution in [-0.2, 0) is 0 Å². The molecule has 38 heavy (non-hydrogen) atoms. The Labute approximate surface area is 222 Å². The molecule has 8 heteroatoms. The van der Waals surface area contributed by atoms with Crippen LogP contribution in [-0.4, -0.2) is 28.0 Å². The van der Waals surface area contributed by atoms with Crippen molar-refractivity contribution in [1.82, 2.24) is 15.0 Å². The van der Waals surface area contributed by atoms with E-state index >= 15 is 0 Å². The lowest BCUT2D eigenvalue weighted by Crippen LogP contribution is -2.15. The molecule has 0 aliphatic heterocycles. The summed E-state index contributed by atoms with van der Waals surface area (Å²) in [5.74, 6) is 0.314. The lowest BCUT2D eigenvalue weighted by Gasteiger charge is -2.12. The summed E-state index contributed by atoms with van der Waals surface area (Å²) in [6.45, 7) is 4.26. The number of nitrogens with two attached hydrogens (primary N) is 1. The molecule has 1 aliphatic carbocycles. The molecular formula is C30H32FN5O2. The minimum atomic E-state index is -0.549. The van der Waals surface area contributed by atoms with E-state index in [-0.39, 0.29) is 22.8 Å². The summed E-state index contributed by atoms with van der Waals surface area (Å²) in [5, 5.41) is 2.75. The van der Waals surface area contributed by atoms with Crippen LogP contribution < -0.4 is 15.8 Å². The Morgan fingerprint density at radius 2 is 1.84 bits per heavy atom. The molecule has 0 bridgehead atoms. The van der Waals surface area contributed by atoms with Crippen LogP contribution in [0.3, 0.4) is 0 Å². The second-order valence-electron chi connectivity index (χ2n) is 9.36. The summed E-state index contributed by atoms with van der Waals surface area (Å²) in [5.41, 5.74) is 9.87. The van der Waals surface area contributed by atoms with Crippen LogP contribution in [0.4, 0.5) is 15.8 Å². The molecule has 2 aromatic carbocycles. The third-order valence-corrected chi connectivity index (χ3v) is 6.57. The van der Waals surface area contributed by atoms with Gasteiger partial charge in [0.05, 0.1) is 24.0 Å². The van der Waals surface area contributed by atoms with Crippen molar-refractivity contribution < 1.29 is 13.9 Å². The van der Waals surface area contributed by atoms with Gasteiger partial charge in [-0.1, -0.05) is 50.8 Å². The predicted molar refractivity (Wildman–Crippen MR) is 148 cm³/mol. The number of aryl methyl sites for hydroxylation is 1. The number of amides is 1. The number of rotatable bonds is 5. The minimum Gasteiger partial charge on any atom is -0.496 e. The third-order valence-electron chi connectivity index (χ3n) is 6.57. The molecule has 2 aromatic heterocycles. The topological polar surface area (TPSA) is 103 Å². The number of benzene rings is 2. The van der Waals surface area contributed by atoms with Gasteiger partial charge in [-0.15, -0.1) is 0 Å². The largest absolute Gasteiger partial charge is 0.496 e. The molecule has 196 valence electrons. The standard InChI is InChI=1S/C24H20FN5O2.C6H12/c1-14-16(5-4-11-27-14)15-8-9-19(18(26)13-15)30-24(31)20-10-12-28-23(29-20)22-17(25)6-3-7-21(22)32-2;1-6-4-2-3-5-6/h3-13H,26H2,1-2H3,(H,30,31);6H,2-5H2,1H3. The summed E-state index contributed by atoms with van der Waals surface area (Å²) < 4.78 is 19.6. The van der Waals surface area contributed by atoms with Crippen LogP contribution in [0.5, 0.6) is 5.75 Å². The number of carbonyl (C=O) groups is 1. The molecule has 0 spiro atoms. The average Bonchev–Trinajstić information content (AvgIpc) is 3.41. The highest BCUT2D eigenvalue weighted by molar-refractivity contribution is 6.05. The molecule has 0 saturated heterocycles. The highest BCUT2D eigenvalue weighted by Gasteiger charge is 2.17. The maximum Gasteiger partial charge on any atom is 0.274 e. The molecule has 3 N–H and O–H groups in total. The van der Waals surface area contributed by atoms with Crippen molar-refractivity contribution in [2.75, 3.05) is 18.2 Å². The van der Waals surface area contributed by atoms with Gasteiger partial charge in [0.2, 0.25) is 0 Å². The first-order valence-corrected chi connectivity index (χ1v) is 12.7. The Morgan fingerprint density at radius 1 is 1.05 bits per heavy atom. The highest BCUT2D eigenvalue weighted by atomic mass is 19.1. The lowest BCUT2D eigenvalue weighted by molar-refractivity contribution is 0.102. The SMILES string of the molecule is CC1CCCC1.COc1cccc(F)c1-c1nccc(C(=O)Nc2ccc(-c3cccnc3C)cc2N)n1. The number of nitrogen functional groups attached to an aromatic ring is 1. The van der Waals surface area contributed by atoms with Crippen LogP contribution in [0.1, 0.15) is 48.8 Å². The maximum atomic E-state index is 14.4. The first kappa shape index (κ1) is 26.7. The van der Waals surface area contributed by atoms with Crippen LogP contribution in [0.2, 0.25) is 0 Å². The molecule has 5 rings (SSSR count). The van der Waals surface area contributed by atoms with Crippen LogP contribution >= 0.6 is 0 Å². The van der Waals surface area contributed by atoms with Gasteiger partial charge in [0.25, 0.3) is 5.91 Å². The van der Waals surface area contributed by atoms with Gasteiger partial charge < -0.3 is 15.8 Å². The van der Waals surface area contributed by atoms with E-state index in [4.69, 9.17) is 10.5 Å². The molecular weight excluding hydrogens is 481 g/mol. The number of nitrogens with zero attached hydrogens (tertiary/aromatic N) is 3. The monoisotopic (exact) mass is 513 g/mol. The molecule has 0 atom stereocenters. The van der Waals surface area contributed by atoms with Crippen molar-refractivity contribution in [2.24, 2.45) is 5.92 Å². The number of carbonyl (C=O) groups excluding carboxylic acids is 1. The van der Waals surface area contributed by atoms with Gasteiger partial charge in [-0.3, -0.25) is 9.78 Å². The second kappa shape index (κ2) is 12.3. The van der Waals surface area contributed by atoms with E-state index in [1.807, 2.05) is 25.1 Å². The summed E-state index contributed by atoms with van der Waals surface area (Å²) in [6, 6.07) is 15.0. The number of methoxy groups -OCH3 is 1. The van der Waals surface area contributed by atoms with Gasteiger partial charge in [0.15, 0.2) is 5.82 Å². The predicted octanol–water partition coefficient (Wildman–Crippen LogP) is 6.69. The first-order chi connectivity index (χ1) is 18.4. The molecule has 4 aromatic rings. The quantitative estimate of drug-likeness (QED) is 0.288. The number of ether oxygens (including phenoxy) is 1. The van der Waals surface area contributed by atoms with Gasteiger partial charge in [0, 0.05) is 23.7 Å². The Morgan fingerprint density at radius 3 is 2.50 bits per heavy atom. The van der Waals surface area contributed by atoms with Crippen molar-refractivity contribution >= 4 is 17.3 Å². The normalized spacial score (nSPS) is 12.9. The summed E-state index contributed by atoms with van der Waals surface area (Å²) in [6.07, 6.45) is 9.06. The Bertz CT molecular complexity index is 1420. The summed E-state index contributed by atoms with van der Waals surface area (Å²) >= 11 is 0. The smallest absolute Gasteiger partial charge is 0.274 e. The number of aromatic nitrogens is 3. The molecule has 2 heterocycles. The Balaban J connectivity index is 0.000000494. The summed E-state index contributed by atoms with van der Waals surface area (Å²) in [4.78, 5) is 25.4. The molecule has 1 fully saturated rings. The minimum absolute atomic E-state index is 0.0444. The van der Waals surface area contributed by atoms with Gasteiger partial charge in [-0.2, -0.15) is 0 Å². The fourth-order valence-electron chi connectivity index (χ4n) is 4.45. The zero-order valence-electron chi connectivity index (χ0n) is 21.9. The van der Waals surface area contributed by atoms with Crippen molar-refractivity contribution in [3.63, 3.8) is 0 Å². The summed E-state index contributed by atoms with van der Waals surface area (Å²) in [7, 11) is 1.42. The van der Waals surface area contributed by atoms with Crippen LogP contribution in [0.25, 0.3) is 22.5 Å². The van der Waals surface area contributed by atoms with Crippen molar-refractivity contribution in [3.05, 3.63) is 84.2 Å². The van der Waals surface area contributed by atoms with Gasteiger partial charge >= 0.3 is 0 Å². The molecule has 1 amide bonds.